The molecule has 2 aromatic carbocycles. The normalized spacial score (nSPS) is 47.3. The Morgan fingerprint density at radius 3 is 2.16 bits per heavy atom. The van der Waals surface area contributed by atoms with Crippen molar-refractivity contribution < 1.29 is 58.4 Å². The van der Waals surface area contributed by atoms with Crippen LogP contribution in [0, 0.1) is 35.5 Å². The van der Waals surface area contributed by atoms with E-state index in [1.165, 1.54) is 0 Å². The van der Waals surface area contributed by atoms with Crippen molar-refractivity contribution in [3.63, 3.8) is 0 Å². The predicted molar refractivity (Wildman–Crippen MR) is 199 cm³/mol. The monoisotopic (exact) mass is 774 g/mol. The average molecular weight is 775 g/mol. The van der Waals surface area contributed by atoms with Gasteiger partial charge < -0.3 is 48.8 Å². The minimum Gasteiger partial charge on any atom is -0.462 e. The number of fused-ring (bicyclic) bond motifs is 1. The number of hydrogen-bond acceptors (Lipinski definition) is 12. The Balaban J connectivity index is 1.28. The minimum absolute atomic E-state index is 0.0865. The maximum atomic E-state index is 14.0. The first-order valence-electron chi connectivity index (χ1n) is 20.4. The zero-order chi connectivity index (χ0) is 39.4. The second-order valence-corrected chi connectivity index (χ2v) is 17.8. The Morgan fingerprint density at radius 2 is 1.52 bits per heavy atom. The summed E-state index contributed by atoms with van der Waals surface area (Å²) in [6.45, 7) is 9.43. The van der Waals surface area contributed by atoms with Crippen molar-refractivity contribution in [3.05, 3.63) is 83.9 Å². The smallest absolute Gasteiger partial charge is 0.338 e. The van der Waals surface area contributed by atoms with Gasteiger partial charge in [-0.15, -0.1) is 0 Å². The minimum atomic E-state index is -2.27. The van der Waals surface area contributed by atoms with Gasteiger partial charge in [-0.3, -0.25) is 0 Å². The van der Waals surface area contributed by atoms with Crippen LogP contribution in [0.1, 0.15) is 86.4 Å². The Hall–Kier alpha value is -3.20. The molecule has 7 aliphatic rings. The van der Waals surface area contributed by atoms with Crippen LogP contribution < -0.4 is 0 Å². The highest BCUT2D eigenvalue weighted by Crippen LogP contribution is 2.75. The van der Waals surface area contributed by atoms with E-state index >= 15 is 0 Å². The number of benzene rings is 2. The van der Waals surface area contributed by atoms with Crippen molar-refractivity contribution in [1.29, 1.82) is 0 Å². The average Bonchev–Trinajstić information content (AvgIpc) is 3.84. The third-order valence-electron chi connectivity index (χ3n) is 14.9. The fourth-order valence-corrected chi connectivity index (χ4v) is 12.4. The van der Waals surface area contributed by atoms with Gasteiger partial charge in [0.2, 0.25) is 0 Å². The van der Waals surface area contributed by atoms with Gasteiger partial charge in [-0.1, -0.05) is 88.9 Å². The Kier molecular flexibility index (Phi) is 9.19. The van der Waals surface area contributed by atoms with Gasteiger partial charge >= 0.3 is 17.9 Å². The van der Waals surface area contributed by atoms with Crippen molar-refractivity contribution in [2.24, 2.45) is 35.5 Å². The largest absolute Gasteiger partial charge is 0.462 e. The lowest BCUT2D eigenvalue weighted by atomic mass is 9.51. The molecular formula is C44H54O12. The first-order valence-corrected chi connectivity index (χ1v) is 20.4. The lowest BCUT2D eigenvalue weighted by Gasteiger charge is -2.62. The van der Waals surface area contributed by atoms with Gasteiger partial charge in [0.1, 0.15) is 47.3 Å². The fraction of sp³-hybridized carbons (Fsp3) is 0.636. The number of aliphatic hydroxyl groups is 4. The highest BCUT2D eigenvalue weighted by molar-refractivity contribution is 5.90. The topological polar surface area (TPSA) is 174 Å². The first-order chi connectivity index (χ1) is 26.8. The Bertz CT molecular complexity index is 1860. The van der Waals surface area contributed by atoms with Crippen molar-refractivity contribution in [2.75, 3.05) is 13.2 Å². The van der Waals surface area contributed by atoms with Crippen molar-refractivity contribution in [3.8, 4) is 0 Å². The number of epoxide rings is 1. The Morgan fingerprint density at radius 1 is 0.875 bits per heavy atom. The molecule has 56 heavy (non-hydrogen) atoms. The van der Waals surface area contributed by atoms with E-state index in [1.807, 2.05) is 19.9 Å². The number of carbonyl (C=O) groups is 2. The SMILES string of the molecule is C=C(C)[C@]12C[C@@H](COC(=O)c3ccccc3)[C@@]34OC5(O[C@@H]1[C@@H]3[C@@H]1O[C@]1(CO)[C@@H](O)[C@@]1(O)[C@H]4[C@@H](C(C)CCCCCC[C@@H]5O)C(C)[C@@H]1OC(=O)c1ccccc1)O2. The van der Waals surface area contributed by atoms with Crippen LogP contribution in [-0.2, 0) is 28.4 Å². The van der Waals surface area contributed by atoms with E-state index in [0.29, 0.717) is 24.0 Å². The Labute approximate surface area is 327 Å². The van der Waals surface area contributed by atoms with Crippen LogP contribution in [0.4, 0.5) is 0 Å². The number of ether oxygens (including phenoxy) is 6. The highest BCUT2D eigenvalue weighted by atomic mass is 16.9. The summed E-state index contributed by atoms with van der Waals surface area (Å²) >= 11 is 0. The van der Waals surface area contributed by atoms with Crippen LogP contribution in [0.3, 0.4) is 0 Å². The number of esters is 2. The molecular weight excluding hydrogens is 720 g/mol. The van der Waals surface area contributed by atoms with Crippen molar-refractivity contribution in [1.82, 2.24) is 0 Å². The molecule has 4 N–H and O–H groups in total. The molecule has 0 aromatic heterocycles. The molecule has 4 aliphatic heterocycles. The van der Waals surface area contributed by atoms with Crippen LogP contribution >= 0.6 is 0 Å². The molecule has 4 saturated heterocycles. The summed E-state index contributed by atoms with van der Waals surface area (Å²) in [5, 5.41) is 50.1. The fourth-order valence-electron chi connectivity index (χ4n) is 12.4. The molecule has 12 nitrogen and oxygen atoms in total. The first kappa shape index (κ1) is 38.3. The van der Waals surface area contributed by atoms with Gasteiger partial charge in [0.05, 0.1) is 29.9 Å². The van der Waals surface area contributed by atoms with Crippen LogP contribution in [0.15, 0.2) is 72.8 Å². The van der Waals surface area contributed by atoms with E-state index in [0.717, 1.165) is 25.7 Å². The van der Waals surface area contributed by atoms with Crippen LogP contribution in [0.2, 0.25) is 0 Å². The molecule has 2 spiro atoms. The van der Waals surface area contributed by atoms with Gasteiger partial charge in [0.25, 0.3) is 0 Å². The summed E-state index contributed by atoms with van der Waals surface area (Å²) in [5.41, 5.74) is -5.58. The van der Waals surface area contributed by atoms with Gasteiger partial charge in [0.15, 0.2) is 0 Å². The maximum Gasteiger partial charge on any atom is 0.338 e. The van der Waals surface area contributed by atoms with Gasteiger partial charge in [-0.2, -0.15) is 0 Å². The quantitative estimate of drug-likeness (QED) is 0.179. The number of carbonyl (C=O) groups excluding carboxylic acids is 2. The van der Waals surface area contributed by atoms with Gasteiger partial charge in [0, 0.05) is 17.8 Å². The molecule has 16 atom stereocenters. The van der Waals surface area contributed by atoms with Crippen LogP contribution in [0.25, 0.3) is 0 Å². The molecule has 3 aliphatic carbocycles. The molecule has 3 bridgehead atoms. The number of hydrogen-bond donors (Lipinski definition) is 4. The van der Waals surface area contributed by atoms with E-state index in [1.54, 1.807) is 54.6 Å². The molecule has 4 heterocycles. The maximum absolute atomic E-state index is 14.0. The molecule has 3 unspecified atom stereocenters. The number of aliphatic hydroxyl groups excluding tert-OH is 3. The summed E-state index contributed by atoms with van der Waals surface area (Å²) in [5.74, 6) is -6.91. The lowest BCUT2D eigenvalue weighted by Crippen LogP contribution is -2.75. The molecule has 7 fully saturated rings. The molecule has 302 valence electrons. The predicted octanol–water partition coefficient (Wildman–Crippen LogP) is 4.33. The standard InChI is InChI=1S/C44H54O12/c1-24(2)40-21-29(22-51-37(47)27-16-10-7-11-17-27)43-32-35(40)54-44(55-40,56-43)30(46)20-14-6-5-9-15-25(3)31-26(4)34(52-38(48)28-18-12-8-13-19-28)42(50,33(31)43)39(49)41(23-45)36(32)53-41/h7-8,10-13,16-19,25-26,29-36,39,45-46,49-50H,1,5-6,9,14-15,20-23H2,2-4H3/t25?,26?,29-,30-,31-,32+,33+,34-,35+,36-,39+,40+,41-,42+,43+,44?/m0/s1. The third kappa shape index (κ3) is 5.12. The van der Waals surface area contributed by atoms with Gasteiger partial charge in [-0.25, -0.2) is 9.59 Å². The molecule has 12 heteroatoms. The summed E-state index contributed by atoms with van der Waals surface area (Å²) in [7, 11) is 0. The van der Waals surface area contributed by atoms with Gasteiger partial charge in [-0.05, 0) is 67.4 Å². The van der Waals surface area contributed by atoms with Crippen molar-refractivity contribution in [2.45, 2.75) is 125 Å². The summed E-state index contributed by atoms with van der Waals surface area (Å²) in [6, 6.07) is 17.2. The van der Waals surface area contributed by atoms with E-state index in [2.05, 4.69) is 13.5 Å². The summed E-state index contributed by atoms with van der Waals surface area (Å²) < 4.78 is 40.4. The zero-order valence-electron chi connectivity index (χ0n) is 32.3. The summed E-state index contributed by atoms with van der Waals surface area (Å²) in [6.07, 6.45) is -1.51. The third-order valence-corrected chi connectivity index (χ3v) is 14.9. The summed E-state index contributed by atoms with van der Waals surface area (Å²) in [4.78, 5) is 27.7. The number of rotatable bonds is 7. The van der Waals surface area contributed by atoms with Crippen LogP contribution in [0.5, 0.6) is 0 Å². The molecule has 9 rings (SSSR count). The van der Waals surface area contributed by atoms with E-state index in [-0.39, 0.29) is 24.5 Å². The van der Waals surface area contributed by atoms with Crippen LogP contribution in [-0.4, -0.2) is 104 Å². The molecule has 0 radical (unpaired) electrons. The zero-order valence-corrected chi connectivity index (χ0v) is 32.3. The van der Waals surface area contributed by atoms with E-state index in [9.17, 15) is 30.0 Å². The molecule has 2 aromatic rings. The van der Waals surface area contributed by atoms with E-state index < -0.39 is 107 Å². The molecule has 0 amide bonds. The molecule has 3 saturated carbocycles. The highest BCUT2D eigenvalue weighted by Gasteiger charge is 2.91. The second kappa shape index (κ2) is 13.4. The van der Waals surface area contributed by atoms with E-state index in [4.69, 9.17) is 28.4 Å². The lowest BCUT2D eigenvalue weighted by molar-refractivity contribution is -0.459. The van der Waals surface area contributed by atoms with Crippen molar-refractivity contribution >= 4 is 11.9 Å². The second-order valence-electron chi connectivity index (χ2n) is 17.8.